The summed E-state index contributed by atoms with van der Waals surface area (Å²) in [6.45, 7) is 2.78. The van der Waals surface area contributed by atoms with Crippen LogP contribution in [0.2, 0.25) is 0 Å². The molecule has 2 heterocycles. The van der Waals surface area contributed by atoms with E-state index in [1.54, 1.807) is 7.11 Å². The Kier molecular flexibility index (Phi) is 5.58. The number of fused-ring (bicyclic) bond motifs is 2. The molecule has 5 aliphatic carbocycles. The van der Waals surface area contributed by atoms with E-state index >= 15 is 0 Å². The Hall–Kier alpha value is -2.32. The van der Waals surface area contributed by atoms with Crippen molar-refractivity contribution in [3.8, 4) is 11.5 Å². The van der Waals surface area contributed by atoms with Crippen molar-refractivity contribution in [1.82, 2.24) is 10.2 Å². The molecule has 4 bridgehead atoms. The fraction of sp³-hybridized carbons (Fsp3) is 0.733. The number of phenols is 1. The Labute approximate surface area is 224 Å². The number of phenolic OH excluding ortho intramolecular Hbond substituents is 1. The number of benzene rings is 1. The minimum Gasteiger partial charge on any atom is -0.504 e. The van der Waals surface area contributed by atoms with Crippen LogP contribution in [-0.2, 0) is 26.2 Å². The van der Waals surface area contributed by atoms with Crippen molar-refractivity contribution in [3.05, 3.63) is 23.3 Å². The molecule has 1 aromatic carbocycles. The van der Waals surface area contributed by atoms with Crippen molar-refractivity contribution in [2.24, 2.45) is 17.3 Å². The van der Waals surface area contributed by atoms with E-state index in [1.165, 1.54) is 30.5 Å². The lowest BCUT2D eigenvalue weighted by molar-refractivity contribution is -0.276. The van der Waals surface area contributed by atoms with Crippen molar-refractivity contribution < 1.29 is 29.3 Å². The summed E-state index contributed by atoms with van der Waals surface area (Å²) < 4.78 is 13.3. The SMILES string of the molecule is CO[C@]12CC[C@@]3(C[C@@H]1CNC(=O)CCCCC(=O)O)[C@H]1Cc4ccc(O)c5c4[C@@]3(CCN1CC1CC1)[C@H]2O5. The van der Waals surface area contributed by atoms with Crippen molar-refractivity contribution in [3.63, 3.8) is 0 Å². The van der Waals surface area contributed by atoms with Crippen LogP contribution in [0.5, 0.6) is 11.5 Å². The summed E-state index contributed by atoms with van der Waals surface area (Å²) in [5, 5.41) is 23.0. The number of carbonyl (C=O) groups is 2. The summed E-state index contributed by atoms with van der Waals surface area (Å²) in [5.74, 6) is 1.01. The zero-order valence-corrected chi connectivity index (χ0v) is 22.3. The zero-order chi connectivity index (χ0) is 26.3. The molecule has 8 rings (SSSR count). The average Bonchev–Trinajstić information content (AvgIpc) is 3.65. The third-order valence-corrected chi connectivity index (χ3v) is 11.4. The molecule has 2 aliphatic heterocycles. The molecule has 0 radical (unpaired) electrons. The highest BCUT2D eigenvalue weighted by Gasteiger charge is 2.80. The van der Waals surface area contributed by atoms with Gasteiger partial charge in [0.05, 0.1) is 0 Å². The molecule has 0 unspecified atom stereocenters. The second-order valence-electron chi connectivity index (χ2n) is 12.9. The van der Waals surface area contributed by atoms with Gasteiger partial charge in [-0.25, -0.2) is 0 Å². The van der Waals surface area contributed by atoms with Crippen LogP contribution in [0.4, 0.5) is 0 Å². The van der Waals surface area contributed by atoms with Gasteiger partial charge >= 0.3 is 5.97 Å². The Morgan fingerprint density at radius 2 is 2.00 bits per heavy atom. The lowest BCUT2D eigenvalue weighted by atomic mass is 9.35. The van der Waals surface area contributed by atoms with Gasteiger partial charge in [-0.05, 0) is 81.9 Å². The molecule has 38 heavy (non-hydrogen) atoms. The van der Waals surface area contributed by atoms with E-state index in [9.17, 15) is 14.7 Å². The normalized spacial score (nSPS) is 38.0. The number of hydrogen-bond acceptors (Lipinski definition) is 6. The van der Waals surface area contributed by atoms with E-state index in [4.69, 9.17) is 14.6 Å². The molecule has 3 N–H and O–H groups in total. The summed E-state index contributed by atoms with van der Waals surface area (Å²) in [4.78, 5) is 26.3. The van der Waals surface area contributed by atoms with Gasteiger partial charge in [-0.2, -0.15) is 0 Å². The van der Waals surface area contributed by atoms with Gasteiger partial charge in [0.25, 0.3) is 0 Å². The Morgan fingerprint density at radius 1 is 1.18 bits per heavy atom. The fourth-order valence-corrected chi connectivity index (χ4v) is 9.68. The van der Waals surface area contributed by atoms with Gasteiger partial charge in [-0.15, -0.1) is 0 Å². The smallest absolute Gasteiger partial charge is 0.303 e. The number of amides is 1. The number of carboxylic acids is 1. The minimum absolute atomic E-state index is 0.0231. The molecule has 1 saturated heterocycles. The molecule has 8 heteroatoms. The third-order valence-electron chi connectivity index (χ3n) is 11.4. The molecular formula is C30H40N2O6. The number of likely N-dealkylation sites (tertiary alicyclic amines) is 1. The summed E-state index contributed by atoms with van der Waals surface area (Å²) in [6.07, 6.45) is 9.03. The number of rotatable bonds is 10. The number of nitrogens with zero attached hydrogens (tertiary/aromatic N) is 1. The number of aliphatic carboxylic acids is 1. The number of hydrogen-bond donors (Lipinski definition) is 3. The number of ether oxygens (including phenoxy) is 2. The van der Waals surface area contributed by atoms with Crippen molar-refractivity contribution in [2.75, 3.05) is 26.7 Å². The van der Waals surface area contributed by atoms with Crippen molar-refractivity contribution >= 4 is 11.9 Å². The topological polar surface area (TPSA) is 108 Å². The van der Waals surface area contributed by atoms with Crippen LogP contribution in [0.1, 0.15) is 75.3 Å². The molecule has 6 atom stereocenters. The fourth-order valence-electron chi connectivity index (χ4n) is 9.68. The van der Waals surface area contributed by atoms with Crippen LogP contribution in [0.15, 0.2) is 12.1 Å². The highest BCUT2D eigenvalue weighted by molar-refractivity contribution is 5.76. The Balaban J connectivity index is 1.22. The number of methoxy groups -OCH3 is 1. The number of piperidine rings is 1. The van der Waals surface area contributed by atoms with Crippen molar-refractivity contribution in [2.45, 2.75) is 93.8 Å². The van der Waals surface area contributed by atoms with Crippen LogP contribution < -0.4 is 10.1 Å². The monoisotopic (exact) mass is 524 g/mol. The molecule has 8 nitrogen and oxygen atoms in total. The zero-order valence-electron chi connectivity index (χ0n) is 22.3. The molecule has 1 amide bonds. The molecule has 0 aromatic heterocycles. The summed E-state index contributed by atoms with van der Waals surface area (Å²) in [6, 6.07) is 4.38. The van der Waals surface area contributed by atoms with E-state index in [-0.39, 0.29) is 40.9 Å². The van der Waals surface area contributed by atoms with Crippen LogP contribution >= 0.6 is 0 Å². The first-order chi connectivity index (χ1) is 18.3. The second kappa shape index (κ2) is 8.59. The predicted octanol–water partition coefficient (Wildman–Crippen LogP) is 3.38. The maximum absolute atomic E-state index is 12.7. The van der Waals surface area contributed by atoms with Crippen LogP contribution in [0.3, 0.4) is 0 Å². The Morgan fingerprint density at radius 3 is 2.76 bits per heavy atom. The number of carboxylic acid groups (broad SMARTS) is 1. The van der Waals surface area contributed by atoms with Gasteiger partial charge in [0.15, 0.2) is 11.5 Å². The highest BCUT2D eigenvalue weighted by Crippen LogP contribution is 2.76. The van der Waals surface area contributed by atoms with Crippen LogP contribution in [0.25, 0.3) is 0 Å². The largest absolute Gasteiger partial charge is 0.504 e. The lowest BCUT2D eigenvalue weighted by Gasteiger charge is -2.74. The number of nitrogens with one attached hydrogen (secondary N) is 1. The van der Waals surface area contributed by atoms with E-state index in [1.807, 2.05) is 6.07 Å². The van der Waals surface area contributed by atoms with Gasteiger partial charge < -0.3 is 25.0 Å². The number of unbranched alkanes of at least 4 members (excludes halogenated alkanes) is 1. The molecule has 2 spiro atoms. The first kappa shape index (κ1) is 24.7. The molecule has 4 saturated carbocycles. The van der Waals surface area contributed by atoms with Gasteiger partial charge in [-0.3, -0.25) is 14.5 Å². The standard InChI is InChI=1S/C30H40N2O6/c1-37-30-11-10-28(15-20(30)16-31-23(34)4-2-3-5-24(35)36)22-14-19-8-9-21(33)26-25(19)29(28,27(30)38-26)12-13-32(22)17-18-6-7-18/h8-9,18,20,22,27,33H,2-7,10-17H2,1H3,(H,31,34)(H,35,36)/t20-,22-,27-,28-,29+,30-/m1/s1. The molecular weight excluding hydrogens is 484 g/mol. The quantitative estimate of drug-likeness (QED) is 0.403. The highest BCUT2D eigenvalue weighted by atomic mass is 16.6. The summed E-state index contributed by atoms with van der Waals surface area (Å²) in [5.41, 5.74) is 1.94. The van der Waals surface area contributed by atoms with E-state index < -0.39 is 11.6 Å². The van der Waals surface area contributed by atoms with Gasteiger partial charge in [-0.1, -0.05) is 6.07 Å². The summed E-state index contributed by atoms with van der Waals surface area (Å²) in [7, 11) is 1.80. The van der Waals surface area contributed by atoms with E-state index in [0.29, 0.717) is 37.6 Å². The predicted molar refractivity (Wildman–Crippen MR) is 139 cm³/mol. The molecule has 206 valence electrons. The number of aromatic hydroxyl groups is 1. The van der Waals surface area contributed by atoms with Crippen molar-refractivity contribution in [1.29, 1.82) is 0 Å². The van der Waals surface area contributed by atoms with Gasteiger partial charge in [0.2, 0.25) is 5.91 Å². The molecule has 7 aliphatic rings. The second-order valence-corrected chi connectivity index (χ2v) is 12.9. The molecule has 1 aromatic rings. The average molecular weight is 525 g/mol. The Bertz CT molecular complexity index is 1170. The van der Waals surface area contributed by atoms with E-state index in [0.717, 1.165) is 44.6 Å². The number of carbonyl (C=O) groups excluding carboxylic acids is 1. The van der Waals surface area contributed by atoms with Gasteiger partial charge in [0, 0.05) is 61.4 Å². The summed E-state index contributed by atoms with van der Waals surface area (Å²) >= 11 is 0. The lowest BCUT2D eigenvalue weighted by Crippen LogP contribution is -2.81. The van der Waals surface area contributed by atoms with Crippen LogP contribution in [-0.4, -0.2) is 71.5 Å². The maximum Gasteiger partial charge on any atom is 0.303 e. The first-order valence-electron chi connectivity index (χ1n) is 14.6. The molecule has 5 fully saturated rings. The van der Waals surface area contributed by atoms with Gasteiger partial charge in [0.1, 0.15) is 11.7 Å². The van der Waals surface area contributed by atoms with E-state index in [2.05, 4.69) is 16.3 Å². The third kappa shape index (κ3) is 3.22. The van der Waals surface area contributed by atoms with Crippen LogP contribution in [0, 0.1) is 17.3 Å². The first-order valence-corrected chi connectivity index (χ1v) is 14.6. The minimum atomic E-state index is -0.820. The maximum atomic E-state index is 12.7.